The van der Waals surface area contributed by atoms with Crippen LogP contribution in [0.2, 0.25) is 0 Å². The lowest BCUT2D eigenvalue weighted by Gasteiger charge is -2.07. The molecule has 0 heterocycles. The Morgan fingerprint density at radius 2 is 1.95 bits per heavy atom. The molecule has 0 aliphatic carbocycles. The second kappa shape index (κ2) is 7.64. The van der Waals surface area contributed by atoms with E-state index in [0.29, 0.717) is 6.54 Å². The summed E-state index contributed by atoms with van der Waals surface area (Å²) in [6.45, 7) is 0.353. The average molecular weight is 283 g/mol. The molecule has 0 atom stereocenters. The fourth-order valence-corrected chi connectivity index (χ4v) is 2.63. The van der Waals surface area contributed by atoms with E-state index in [1.165, 1.54) is 10.5 Å². The molecule has 2 N–H and O–H groups in total. The first-order valence-electron chi connectivity index (χ1n) is 6.37. The Balaban J connectivity index is 2.12. The number of nitrogens with two attached hydrogens (primary N) is 1. The van der Waals surface area contributed by atoms with Gasteiger partial charge in [-0.2, -0.15) is 0 Å². The van der Waals surface area contributed by atoms with E-state index in [-0.39, 0.29) is 0 Å². The number of benzene rings is 2. The molecule has 0 aromatic heterocycles. The first-order chi connectivity index (χ1) is 9.83. The standard InChI is InChI=1S/C17H17NOS/c1-19-17-10-9-14(12-15(17)6-5-11-18)13-20-16-7-3-2-4-8-16/h2-4,7-10,12H,11,13,18H2,1H3. The minimum Gasteiger partial charge on any atom is -0.495 e. The van der Waals surface area contributed by atoms with Crippen LogP contribution in [0.3, 0.4) is 0 Å². The van der Waals surface area contributed by atoms with Gasteiger partial charge in [-0.3, -0.25) is 0 Å². The summed E-state index contributed by atoms with van der Waals surface area (Å²) in [5, 5.41) is 0. The Kier molecular flexibility index (Phi) is 5.55. The molecule has 0 amide bonds. The number of methoxy groups -OCH3 is 1. The Morgan fingerprint density at radius 3 is 2.65 bits per heavy atom. The van der Waals surface area contributed by atoms with E-state index in [0.717, 1.165) is 17.1 Å². The van der Waals surface area contributed by atoms with Crippen LogP contribution in [-0.4, -0.2) is 13.7 Å². The maximum atomic E-state index is 5.42. The number of hydrogen-bond acceptors (Lipinski definition) is 3. The smallest absolute Gasteiger partial charge is 0.134 e. The molecule has 3 heteroatoms. The van der Waals surface area contributed by atoms with Crippen LogP contribution < -0.4 is 10.5 Å². The van der Waals surface area contributed by atoms with Crippen molar-refractivity contribution in [1.82, 2.24) is 0 Å². The van der Waals surface area contributed by atoms with Gasteiger partial charge in [0, 0.05) is 10.6 Å². The second-order valence-electron chi connectivity index (χ2n) is 4.14. The van der Waals surface area contributed by atoms with Crippen molar-refractivity contribution in [2.24, 2.45) is 5.73 Å². The quantitative estimate of drug-likeness (QED) is 0.691. The molecule has 0 aliphatic rings. The molecule has 0 radical (unpaired) electrons. The Bertz CT molecular complexity index is 614. The maximum Gasteiger partial charge on any atom is 0.134 e. The minimum atomic E-state index is 0.353. The van der Waals surface area contributed by atoms with Crippen molar-refractivity contribution in [2.75, 3.05) is 13.7 Å². The Morgan fingerprint density at radius 1 is 1.15 bits per heavy atom. The van der Waals surface area contributed by atoms with E-state index in [4.69, 9.17) is 10.5 Å². The molecule has 2 aromatic carbocycles. The summed E-state index contributed by atoms with van der Waals surface area (Å²) in [6.07, 6.45) is 0. The number of rotatable bonds is 4. The molecule has 0 aliphatic heterocycles. The maximum absolute atomic E-state index is 5.42. The first kappa shape index (κ1) is 14.5. The molecule has 0 unspecified atom stereocenters. The highest BCUT2D eigenvalue weighted by atomic mass is 32.2. The predicted molar refractivity (Wildman–Crippen MR) is 84.9 cm³/mol. The molecule has 20 heavy (non-hydrogen) atoms. The van der Waals surface area contributed by atoms with Gasteiger partial charge in [0.1, 0.15) is 5.75 Å². The van der Waals surface area contributed by atoms with Crippen LogP contribution >= 0.6 is 11.8 Å². The third kappa shape index (κ3) is 4.06. The van der Waals surface area contributed by atoms with Crippen molar-refractivity contribution < 1.29 is 4.74 Å². The molecule has 2 aromatic rings. The van der Waals surface area contributed by atoms with Crippen molar-refractivity contribution in [1.29, 1.82) is 0 Å². The lowest BCUT2D eigenvalue weighted by Crippen LogP contribution is -1.94. The third-order valence-electron chi connectivity index (χ3n) is 2.74. The minimum absolute atomic E-state index is 0.353. The summed E-state index contributed by atoms with van der Waals surface area (Å²) in [6, 6.07) is 16.5. The normalized spacial score (nSPS) is 9.70. The highest BCUT2D eigenvalue weighted by Gasteiger charge is 2.03. The first-order valence-corrected chi connectivity index (χ1v) is 7.35. The lowest BCUT2D eigenvalue weighted by atomic mass is 10.1. The van der Waals surface area contributed by atoms with Gasteiger partial charge in [0.05, 0.1) is 19.2 Å². The Labute approximate surface area is 124 Å². The van der Waals surface area contributed by atoms with Crippen molar-refractivity contribution in [2.45, 2.75) is 10.6 Å². The SMILES string of the molecule is COc1ccc(CSc2ccccc2)cc1C#CCN. The average Bonchev–Trinajstić information content (AvgIpc) is 2.52. The van der Waals surface area contributed by atoms with Crippen LogP contribution in [-0.2, 0) is 5.75 Å². The predicted octanol–water partition coefficient (Wildman–Crippen LogP) is 3.30. The van der Waals surface area contributed by atoms with Gasteiger partial charge in [-0.25, -0.2) is 0 Å². The Hall–Kier alpha value is -1.89. The zero-order valence-corrected chi connectivity index (χ0v) is 12.2. The summed E-state index contributed by atoms with van der Waals surface area (Å²) in [4.78, 5) is 1.26. The van der Waals surface area contributed by atoms with E-state index in [2.05, 4.69) is 48.2 Å². The van der Waals surface area contributed by atoms with Gasteiger partial charge in [0.25, 0.3) is 0 Å². The van der Waals surface area contributed by atoms with Crippen LogP contribution in [0.5, 0.6) is 5.75 Å². The third-order valence-corrected chi connectivity index (χ3v) is 3.82. The molecule has 0 saturated carbocycles. The molecule has 0 saturated heterocycles. The van der Waals surface area contributed by atoms with Crippen LogP contribution in [0.15, 0.2) is 53.4 Å². The summed E-state index contributed by atoms with van der Waals surface area (Å²) < 4.78 is 5.31. The zero-order chi connectivity index (χ0) is 14.2. The van der Waals surface area contributed by atoms with E-state index in [1.807, 2.05) is 12.1 Å². The van der Waals surface area contributed by atoms with Crippen LogP contribution in [0, 0.1) is 11.8 Å². The van der Waals surface area contributed by atoms with Gasteiger partial charge in [-0.05, 0) is 29.8 Å². The monoisotopic (exact) mass is 283 g/mol. The summed E-state index contributed by atoms with van der Waals surface area (Å²) in [5.41, 5.74) is 7.54. The molecule has 2 rings (SSSR count). The number of ether oxygens (including phenoxy) is 1. The molecule has 0 fully saturated rings. The van der Waals surface area contributed by atoms with Crippen LogP contribution in [0.4, 0.5) is 0 Å². The fourth-order valence-electron chi connectivity index (χ4n) is 1.77. The van der Waals surface area contributed by atoms with E-state index in [1.54, 1.807) is 18.9 Å². The molecule has 102 valence electrons. The largest absolute Gasteiger partial charge is 0.495 e. The van der Waals surface area contributed by atoms with E-state index in [9.17, 15) is 0 Å². The van der Waals surface area contributed by atoms with E-state index >= 15 is 0 Å². The van der Waals surface area contributed by atoms with Crippen molar-refractivity contribution >= 4 is 11.8 Å². The fraction of sp³-hybridized carbons (Fsp3) is 0.176. The molecular formula is C17H17NOS. The van der Waals surface area contributed by atoms with Crippen molar-refractivity contribution in [3.8, 4) is 17.6 Å². The summed E-state index contributed by atoms with van der Waals surface area (Å²) in [7, 11) is 1.65. The summed E-state index contributed by atoms with van der Waals surface area (Å²) in [5.74, 6) is 7.62. The molecular weight excluding hydrogens is 266 g/mol. The van der Waals surface area contributed by atoms with Crippen LogP contribution in [0.25, 0.3) is 0 Å². The van der Waals surface area contributed by atoms with Gasteiger partial charge in [-0.15, -0.1) is 11.8 Å². The molecule has 2 nitrogen and oxygen atoms in total. The van der Waals surface area contributed by atoms with Gasteiger partial charge in [-0.1, -0.05) is 36.1 Å². The second-order valence-corrected chi connectivity index (χ2v) is 5.19. The lowest BCUT2D eigenvalue weighted by molar-refractivity contribution is 0.413. The van der Waals surface area contributed by atoms with Gasteiger partial charge < -0.3 is 10.5 Å². The highest BCUT2D eigenvalue weighted by molar-refractivity contribution is 7.98. The van der Waals surface area contributed by atoms with Crippen molar-refractivity contribution in [3.05, 3.63) is 59.7 Å². The van der Waals surface area contributed by atoms with Gasteiger partial charge in [0.15, 0.2) is 0 Å². The molecule has 0 bridgehead atoms. The van der Waals surface area contributed by atoms with Crippen LogP contribution in [0.1, 0.15) is 11.1 Å². The topological polar surface area (TPSA) is 35.2 Å². The van der Waals surface area contributed by atoms with Gasteiger partial charge in [0.2, 0.25) is 0 Å². The molecule has 0 spiro atoms. The van der Waals surface area contributed by atoms with Gasteiger partial charge >= 0.3 is 0 Å². The summed E-state index contributed by atoms with van der Waals surface area (Å²) >= 11 is 1.81. The zero-order valence-electron chi connectivity index (χ0n) is 11.4. The number of hydrogen-bond donors (Lipinski definition) is 1. The van der Waals surface area contributed by atoms with Crippen molar-refractivity contribution in [3.63, 3.8) is 0 Å². The van der Waals surface area contributed by atoms with E-state index < -0.39 is 0 Å². The highest BCUT2D eigenvalue weighted by Crippen LogP contribution is 2.25. The number of thioether (sulfide) groups is 1.